The van der Waals surface area contributed by atoms with Gasteiger partial charge in [0.25, 0.3) is 10.2 Å². The van der Waals surface area contributed by atoms with Crippen LogP contribution < -0.4 is 0 Å². The zero-order valence-electron chi connectivity index (χ0n) is 9.77. The highest BCUT2D eigenvalue weighted by Crippen LogP contribution is 2.28. The van der Waals surface area contributed by atoms with Crippen molar-refractivity contribution in [3.05, 3.63) is 0 Å². The van der Waals surface area contributed by atoms with Crippen molar-refractivity contribution in [2.75, 3.05) is 20.1 Å². The molecule has 1 N–H and O–H groups in total. The zero-order chi connectivity index (χ0) is 11.9. The van der Waals surface area contributed by atoms with Crippen LogP contribution in [0.2, 0.25) is 0 Å². The maximum Gasteiger partial charge on any atom is 0.282 e. The predicted molar refractivity (Wildman–Crippen MR) is 58.6 cm³/mol. The van der Waals surface area contributed by atoms with Gasteiger partial charge in [0, 0.05) is 26.2 Å². The molecule has 1 saturated heterocycles. The fourth-order valence-corrected chi connectivity index (χ4v) is 3.15. The summed E-state index contributed by atoms with van der Waals surface area (Å²) in [5, 5.41) is 9.75. The summed E-state index contributed by atoms with van der Waals surface area (Å²) < 4.78 is 26.4. The third kappa shape index (κ3) is 2.33. The monoisotopic (exact) mass is 236 g/mol. The van der Waals surface area contributed by atoms with E-state index in [2.05, 4.69) is 0 Å². The van der Waals surface area contributed by atoms with Gasteiger partial charge in [-0.05, 0) is 20.3 Å². The second kappa shape index (κ2) is 4.01. The largest absolute Gasteiger partial charge is 0.387 e. The topological polar surface area (TPSA) is 60.9 Å². The quantitative estimate of drug-likeness (QED) is 0.749. The lowest BCUT2D eigenvalue weighted by molar-refractivity contribution is -0.0635. The summed E-state index contributed by atoms with van der Waals surface area (Å²) in [5.74, 6) is 0. The Hall–Kier alpha value is -0.170. The standard InChI is InChI=1S/C9H20N2O3S/c1-5-9(12)6-11(7-9)15(13,14)10(4)8(2)3/h8,12H,5-7H2,1-4H3. The molecule has 0 bridgehead atoms. The fourth-order valence-electron chi connectivity index (χ4n) is 1.45. The average molecular weight is 236 g/mol. The molecule has 0 amide bonds. The third-order valence-electron chi connectivity index (χ3n) is 3.02. The second-order valence-electron chi connectivity index (χ2n) is 4.46. The van der Waals surface area contributed by atoms with E-state index in [1.165, 1.54) is 8.61 Å². The molecule has 1 rings (SSSR count). The van der Waals surface area contributed by atoms with Gasteiger partial charge in [0.2, 0.25) is 0 Å². The van der Waals surface area contributed by atoms with Crippen molar-refractivity contribution in [3.63, 3.8) is 0 Å². The summed E-state index contributed by atoms with van der Waals surface area (Å²) in [6.45, 7) is 5.93. The number of rotatable bonds is 4. The maximum absolute atomic E-state index is 11.9. The molecule has 0 spiro atoms. The molecule has 0 unspecified atom stereocenters. The van der Waals surface area contributed by atoms with E-state index in [-0.39, 0.29) is 19.1 Å². The SMILES string of the molecule is CCC1(O)CN(S(=O)(=O)N(C)C(C)C)C1. The molecule has 15 heavy (non-hydrogen) atoms. The molecule has 0 saturated carbocycles. The van der Waals surface area contributed by atoms with Gasteiger partial charge in [-0.25, -0.2) is 0 Å². The number of aliphatic hydroxyl groups is 1. The van der Waals surface area contributed by atoms with Crippen molar-refractivity contribution < 1.29 is 13.5 Å². The summed E-state index contributed by atoms with van der Waals surface area (Å²) in [6.07, 6.45) is 0.588. The summed E-state index contributed by atoms with van der Waals surface area (Å²) in [6, 6.07) is -0.0645. The van der Waals surface area contributed by atoms with Crippen molar-refractivity contribution >= 4 is 10.2 Å². The Balaban J connectivity index is 2.68. The first-order valence-electron chi connectivity index (χ1n) is 5.18. The molecule has 1 heterocycles. The highest BCUT2D eigenvalue weighted by Gasteiger charge is 2.47. The second-order valence-corrected chi connectivity index (χ2v) is 6.45. The Labute approximate surface area is 91.9 Å². The van der Waals surface area contributed by atoms with E-state index < -0.39 is 15.8 Å². The molecular weight excluding hydrogens is 216 g/mol. The van der Waals surface area contributed by atoms with Crippen molar-refractivity contribution in [3.8, 4) is 0 Å². The van der Waals surface area contributed by atoms with Gasteiger partial charge >= 0.3 is 0 Å². The van der Waals surface area contributed by atoms with Gasteiger partial charge in [-0.15, -0.1) is 0 Å². The normalized spacial score (nSPS) is 22.1. The van der Waals surface area contributed by atoms with Crippen LogP contribution in [0.4, 0.5) is 0 Å². The molecule has 0 aromatic rings. The van der Waals surface area contributed by atoms with E-state index >= 15 is 0 Å². The van der Waals surface area contributed by atoms with Gasteiger partial charge in [-0.2, -0.15) is 17.0 Å². The van der Waals surface area contributed by atoms with Crippen LogP contribution in [0.1, 0.15) is 27.2 Å². The molecule has 0 aliphatic carbocycles. The summed E-state index contributed by atoms with van der Waals surface area (Å²) in [5.41, 5.74) is -0.815. The smallest absolute Gasteiger partial charge is 0.282 e. The molecule has 0 aromatic heterocycles. The van der Waals surface area contributed by atoms with Crippen LogP contribution in [0.5, 0.6) is 0 Å². The summed E-state index contributed by atoms with van der Waals surface area (Å²) in [7, 11) is -1.82. The van der Waals surface area contributed by atoms with Gasteiger partial charge in [0.05, 0.1) is 5.60 Å². The first-order chi connectivity index (χ1) is 6.73. The fraction of sp³-hybridized carbons (Fsp3) is 1.00. The maximum atomic E-state index is 11.9. The molecule has 0 radical (unpaired) electrons. The minimum Gasteiger partial charge on any atom is -0.387 e. The van der Waals surface area contributed by atoms with Crippen LogP contribution in [0.25, 0.3) is 0 Å². The van der Waals surface area contributed by atoms with Gasteiger partial charge in [-0.3, -0.25) is 0 Å². The Morgan fingerprint density at radius 1 is 1.47 bits per heavy atom. The van der Waals surface area contributed by atoms with Crippen molar-refractivity contribution in [2.24, 2.45) is 0 Å². The van der Waals surface area contributed by atoms with Gasteiger partial charge in [-0.1, -0.05) is 6.92 Å². The highest BCUT2D eigenvalue weighted by molar-refractivity contribution is 7.86. The van der Waals surface area contributed by atoms with Crippen LogP contribution in [0.3, 0.4) is 0 Å². The Morgan fingerprint density at radius 3 is 2.27 bits per heavy atom. The summed E-state index contributed by atoms with van der Waals surface area (Å²) >= 11 is 0. The van der Waals surface area contributed by atoms with E-state index in [1.807, 2.05) is 20.8 Å². The predicted octanol–water partition coefficient (Wildman–Crippen LogP) is 0.0281. The van der Waals surface area contributed by atoms with E-state index in [4.69, 9.17) is 0 Å². The van der Waals surface area contributed by atoms with Crippen LogP contribution in [-0.4, -0.2) is 53.9 Å². The first kappa shape index (κ1) is 12.9. The minimum atomic E-state index is -3.38. The molecular formula is C9H20N2O3S. The minimum absolute atomic E-state index is 0.0645. The van der Waals surface area contributed by atoms with Gasteiger partial charge < -0.3 is 5.11 Å². The number of β-amino-alcohol motifs (C(OH)–C–C–N with tert-alkyl or cyclic N) is 1. The lowest BCUT2D eigenvalue weighted by Crippen LogP contribution is -2.65. The van der Waals surface area contributed by atoms with Gasteiger partial charge in [0.15, 0.2) is 0 Å². The Bertz CT molecular complexity index is 320. The number of hydrogen-bond donors (Lipinski definition) is 1. The van der Waals surface area contributed by atoms with Crippen LogP contribution in [0.15, 0.2) is 0 Å². The first-order valence-corrected chi connectivity index (χ1v) is 6.58. The zero-order valence-corrected chi connectivity index (χ0v) is 10.6. The van der Waals surface area contributed by atoms with Crippen molar-refractivity contribution in [2.45, 2.75) is 38.8 Å². The Morgan fingerprint density at radius 2 is 1.93 bits per heavy atom. The molecule has 90 valence electrons. The number of hydrogen-bond acceptors (Lipinski definition) is 3. The molecule has 0 atom stereocenters. The molecule has 0 aromatic carbocycles. The molecule has 6 heteroatoms. The van der Waals surface area contributed by atoms with Crippen molar-refractivity contribution in [1.82, 2.24) is 8.61 Å². The molecule has 1 aliphatic rings. The van der Waals surface area contributed by atoms with E-state index in [9.17, 15) is 13.5 Å². The lowest BCUT2D eigenvalue weighted by atomic mass is 9.94. The van der Waals surface area contributed by atoms with E-state index in [1.54, 1.807) is 7.05 Å². The highest BCUT2D eigenvalue weighted by atomic mass is 32.2. The molecule has 1 fully saturated rings. The molecule has 5 nitrogen and oxygen atoms in total. The van der Waals surface area contributed by atoms with Crippen LogP contribution >= 0.6 is 0 Å². The van der Waals surface area contributed by atoms with Gasteiger partial charge in [0.1, 0.15) is 0 Å². The van der Waals surface area contributed by atoms with Crippen LogP contribution in [0, 0.1) is 0 Å². The van der Waals surface area contributed by atoms with Crippen LogP contribution in [-0.2, 0) is 10.2 Å². The molecule has 1 aliphatic heterocycles. The number of nitrogens with zero attached hydrogens (tertiary/aromatic N) is 2. The summed E-state index contributed by atoms with van der Waals surface area (Å²) in [4.78, 5) is 0. The Kier molecular flexibility index (Phi) is 3.45. The van der Waals surface area contributed by atoms with Crippen molar-refractivity contribution in [1.29, 1.82) is 0 Å². The third-order valence-corrected chi connectivity index (χ3v) is 5.08. The van der Waals surface area contributed by atoms with E-state index in [0.717, 1.165) is 0 Å². The van der Waals surface area contributed by atoms with E-state index in [0.29, 0.717) is 6.42 Å². The average Bonchev–Trinajstić information content (AvgIpc) is 2.11. The lowest BCUT2D eigenvalue weighted by Gasteiger charge is -2.46.